The van der Waals surface area contributed by atoms with Gasteiger partial charge >= 0.3 is 0 Å². The quantitative estimate of drug-likeness (QED) is 0.780. The zero-order chi connectivity index (χ0) is 14.5. The fourth-order valence-corrected chi connectivity index (χ4v) is 2.26. The first kappa shape index (κ1) is 14.1. The van der Waals surface area contributed by atoms with Gasteiger partial charge in [0.15, 0.2) is 0 Å². The second-order valence-corrected chi connectivity index (χ2v) is 4.38. The van der Waals surface area contributed by atoms with E-state index >= 15 is 0 Å². The molecule has 0 spiro atoms. The third-order valence-corrected chi connectivity index (χ3v) is 3.30. The van der Waals surface area contributed by atoms with Crippen LogP contribution in [0.5, 0.6) is 11.5 Å². The number of hydrogen-bond donors (Lipinski definition) is 0. The van der Waals surface area contributed by atoms with Crippen molar-refractivity contribution in [3.05, 3.63) is 59.2 Å². The van der Waals surface area contributed by atoms with Gasteiger partial charge in [-0.15, -0.1) is 0 Å². The highest BCUT2D eigenvalue weighted by Crippen LogP contribution is 2.31. The fraction of sp³-hybridized carbons (Fsp3) is 0.235. The molecular weight excluding hydrogens is 252 g/mol. The minimum Gasteiger partial charge on any atom is -0.496 e. The van der Waals surface area contributed by atoms with Crippen molar-refractivity contribution < 1.29 is 14.3 Å². The van der Waals surface area contributed by atoms with Gasteiger partial charge in [-0.1, -0.05) is 37.3 Å². The summed E-state index contributed by atoms with van der Waals surface area (Å²) in [5.74, 6) is 0.984. The van der Waals surface area contributed by atoms with Gasteiger partial charge in [0.05, 0.1) is 14.2 Å². The summed E-state index contributed by atoms with van der Waals surface area (Å²) >= 11 is 0. The van der Waals surface area contributed by atoms with Crippen LogP contribution in [0.4, 0.5) is 0 Å². The van der Waals surface area contributed by atoms with Crippen LogP contribution in [-0.4, -0.2) is 20.0 Å². The lowest BCUT2D eigenvalue weighted by Gasteiger charge is -2.13. The van der Waals surface area contributed by atoms with Gasteiger partial charge < -0.3 is 9.47 Å². The second-order valence-electron chi connectivity index (χ2n) is 4.38. The third kappa shape index (κ3) is 2.52. The number of methoxy groups -OCH3 is 2. The van der Waals surface area contributed by atoms with Crippen LogP contribution >= 0.6 is 0 Å². The van der Waals surface area contributed by atoms with E-state index in [1.807, 2.05) is 31.2 Å². The van der Waals surface area contributed by atoms with Crippen LogP contribution in [0.2, 0.25) is 0 Å². The average Bonchev–Trinajstić information content (AvgIpc) is 2.53. The lowest BCUT2D eigenvalue weighted by atomic mass is 9.96. The maximum absolute atomic E-state index is 12.8. The Morgan fingerprint density at radius 3 is 2.10 bits per heavy atom. The molecule has 0 heterocycles. The molecule has 0 fully saturated rings. The van der Waals surface area contributed by atoms with Gasteiger partial charge in [-0.2, -0.15) is 0 Å². The molecule has 2 aromatic rings. The number of ketones is 1. The molecule has 0 unspecified atom stereocenters. The standard InChI is InChI=1S/C17H18O3/c1-4-12-8-5-6-9-13(12)17(18)16-14(19-2)10-7-11-15(16)20-3/h5-11H,4H2,1-3H3. The summed E-state index contributed by atoms with van der Waals surface area (Å²) in [5.41, 5.74) is 2.18. The Balaban J connectivity index is 2.58. The van der Waals surface area contributed by atoms with Crippen molar-refractivity contribution in [2.45, 2.75) is 13.3 Å². The van der Waals surface area contributed by atoms with Crippen molar-refractivity contribution in [3.63, 3.8) is 0 Å². The summed E-state index contributed by atoms with van der Waals surface area (Å²) in [4.78, 5) is 12.8. The number of aryl methyl sites for hydroxylation is 1. The Kier molecular flexibility index (Phi) is 4.41. The topological polar surface area (TPSA) is 35.5 Å². The van der Waals surface area contributed by atoms with Crippen molar-refractivity contribution >= 4 is 5.78 Å². The Morgan fingerprint density at radius 2 is 1.55 bits per heavy atom. The van der Waals surface area contributed by atoms with Gasteiger partial charge in [0.1, 0.15) is 17.1 Å². The number of benzene rings is 2. The van der Waals surface area contributed by atoms with Crippen LogP contribution < -0.4 is 9.47 Å². The van der Waals surface area contributed by atoms with Crippen LogP contribution in [0, 0.1) is 0 Å². The molecule has 0 atom stereocenters. The molecule has 3 heteroatoms. The molecule has 0 aliphatic rings. The van der Waals surface area contributed by atoms with Crippen molar-refractivity contribution in [3.8, 4) is 11.5 Å². The van der Waals surface area contributed by atoms with Crippen LogP contribution in [0.25, 0.3) is 0 Å². The number of rotatable bonds is 5. The lowest BCUT2D eigenvalue weighted by Crippen LogP contribution is -2.08. The molecule has 0 saturated carbocycles. The highest BCUT2D eigenvalue weighted by molar-refractivity contribution is 6.13. The highest BCUT2D eigenvalue weighted by Gasteiger charge is 2.21. The first-order valence-electron chi connectivity index (χ1n) is 6.56. The summed E-state index contributed by atoms with van der Waals surface area (Å²) < 4.78 is 10.6. The Hall–Kier alpha value is -2.29. The SMILES string of the molecule is CCc1ccccc1C(=O)c1c(OC)cccc1OC. The molecule has 0 N–H and O–H groups in total. The minimum atomic E-state index is -0.0725. The zero-order valence-electron chi connectivity index (χ0n) is 12.0. The Bertz CT molecular complexity index is 595. The van der Waals surface area contributed by atoms with Gasteiger partial charge in [-0.05, 0) is 24.1 Å². The van der Waals surface area contributed by atoms with E-state index < -0.39 is 0 Å². The summed E-state index contributed by atoms with van der Waals surface area (Å²) in [5, 5.41) is 0. The van der Waals surface area contributed by atoms with Crippen LogP contribution in [0.3, 0.4) is 0 Å². The zero-order valence-corrected chi connectivity index (χ0v) is 12.0. The molecular formula is C17H18O3. The molecule has 0 aliphatic carbocycles. The number of carbonyl (C=O) groups excluding carboxylic acids is 1. The van der Waals surface area contributed by atoms with E-state index in [0.717, 1.165) is 12.0 Å². The second kappa shape index (κ2) is 6.24. The number of hydrogen-bond acceptors (Lipinski definition) is 3. The van der Waals surface area contributed by atoms with Gasteiger partial charge in [-0.3, -0.25) is 4.79 Å². The van der Waals surface area contributed by atoms with Crippen molar-refractivity contribution in [2.75, 3.05) is 14.2 Å². The van der Waals surface area contributed by atoms with Crippen LogP contribution in [0.1, 0.15) is 28.4 Å². The molecule has 0 radical (unpaired) electrons. The molecule has 104 valence electrons. The van der Waals surface area contributed by atoms with Gasteiger partial charge in [-0.25, -0.2) is 0 Å². The maximum Gasteiger partial charge on any atom is 0.200 e. The Labute approximate surface area is 119 Å². The van der Waals surface area contributed by atoms with E-state index in [9.17, 15) is 4.79 Å². The first-order valence-corrected chi connectivity index (χ1v) is 6.56. The number of ether oxygens (including phenoxy) is 2. The minimum absolute atomic E-state index is 0.0725. The summed E-state index contributed by atoms with van der Waals surface area (Å²) in [6.45, 7) is 2.03. The molecule has 2 aromatic carbocycles. The number of carbonyl (C=O) groups is 1. The molecule has 0 bridgehead atoms. The summed E-state index contributed by atoms with van der Waals surface area (Å²) in [6, 6.07) is 13.0. The van der Waals surface area contributed by atoms with Crippen LogP contribution in [0.15, 0.2) is 42.5 Å². The van der Waals surface area contributed by atoms with E-state index in [-0.39, 0.29) is 5.78 Å². The fourth-order valence-electron chi connectivity index (χ4n) is 2.26. The summed E-state index contributed by atoms with van der Waals surface area (Å²) in [7, 11) is 3.11. The van der Waals surface area contributed by atoms with E-state index in [0.29, 0.717) is 22.6 Å². The van der Waals surface area contributed by atoms with Gasteiger partial charge in [0, 0.05) is 5.56 Å². The molecule has 0 amide bonds. The largest absolute Gasteiger partial charge is 0.496 e. The van der Waals surface area contributed by atoms with Crippen molar-refractivity contribution in [2.24, 2.45) is 0 Å². The Morgan fingerprint density at radius 1 is 0.950 bits per heavy atom. The first-order chi connectivity index (χ1) is 9.72. The molecule has 3 nitrogen and oxygen atoms in total. The highest BCUT2D eigenvalue weighted by atomic mass is 16.5. The molecule has 20 heavy (non-hydrogen) atoms. The third-order valence-electron chi connectivity index (χ3n) is 3.30. The van der Waals surface area contributed by atoms with E-state index in [2.05, 4.69) is 0 Å². The monoisotopic (exact) mass is 270 g/mol. The molecule has 0 aromatic heterocycles. The predicted octanol–water partition coefficient (Wildman–Crippen LogP) is 3.50. The molecule has 2 rings (SSSR count). The molecule has 0 aliphatic heterocycles. The van der Waals surface area contributed by atoms with E-state index in [4.69, 9.17) is 9.47 Å². The van der Waals surface area contributed by atoms with Crippen LogP contribution in [-0.2, 0) is 6.42 Å². The van der Waals surface area contributed by atoms with Gasteiger partial charge in [0.25, 0.3) is 0 Å². The smallest absolute Gasteiger partial charge is 0.200 e. The lowest BCUT2D eigenvalue weighted by molar-refractivity contribution is 0.103. The van der Waals surface area contributed by atoms with E-state index in [1.54, 1.807) is 32.4 Å². The predicted molar refractivity (Wildman–Crippen MR) is 78.8 cm³/mol. The normalized spacial score (nSPS) is 10.2. The van der Waals surface area contributed by atoms with Crippen molar-refractivity contribution in [1.29, 1.82) is 0 Å². The van der Waals surface area contributed by atoms with E-state index in [1.165, 1.54) is 0 Å². The van der Waals surface area contributed by atoms with Gasteiger partial charge in [0.2, 0.25) is 5.78 Å². The van der Waals surface area contributed by atoms with Crippen molar-refractivity contribution in [1.82, 2.24) is 0 Å². The summed E-state index contributed by atoms with van der Waals surface area (Å²) in [6.07, 6.45) is 0.805. The average molecular weight is 270 g/mol. The molecule has 0 saturated heterocycles. The maximum atomic E-state index is 12.8.